The molecule has 0 rings (SSSR count). The summed E-state index contributed by atoms with van der Waals surface area (Å²) in [7, 11) is -1.10. The van der Waals surface area contributed by atoms with Crippen LogP contribution in [0.2, 0.25) is 0 Å². The normalized spacial score (nSPS) is 14.1. The summed E-state index contributed by atoms with van der Waals surface area (Å²) in [6, 6.07) is 0. The predicted molar refractivity (Wildman–Crippen MR) is 62.6 cm³/mol. The number of rotatable bonds is 8. The first-order chi connectivity index (χ1) is 6.85. The third kappa shape index (κ3) is 9.90. The summed E-state index contributed by atoms with van der Waals surface area (Å²) in [6.07, 6.45) is 4.02. The zero-order valence-electron chi connectivity index (χ0n) is 9.52. The van der Waals surface area contributed by atoms with Gasteiger partial charge in [0, 0.05) is 19.3 Å². The van der Waals surface area contributed by atoms with Crippen molar-refractivity contribution in [3.8, 4) is 0 Å². The Morgan fingerprint density at radius 3 is 2.60 bits per heavy atom. The summed E-state index contributed by atoms with van der Waals surface area (Å²) >= 11 is 0. The van der Waals surface area contributed by atoms with Gasteiger partial charge in [-0.2, -0.15) is 0 Å². The van der Waals surface area contributed by atoms with Gasteiger partial charge in [-0.25, -0.2) is 8.42 Å². The largest absolute Gasteiger partial charge is 0.392 e. The van der Waals surface area contributed by atoms with Gasteiger partial charge in [0.1, 0.15) is 9.84 Å². The van der Waals surface area contributed by atoms with Crippen molar-refractivity contribution in [3.63, 3.8) is 0 Å². The molecule has 1 N–H and O–H groups in total. The van der Waals surface area contributed by atoms with Gasteiger partial charge in [-0.3, -0.25) is 0 Å². The van der Waals surface area contributed by atoms with Crippen LogP contribution in [-0.4, -0.2) is 56.7 Å². The first-order valence-corrected chi connectivity index (χ1v) is 7.06. The van der Waals surface area contributed by atoms with E-state index >= 15 is 0 Å². The van der Waals surface area contributed by atoms with Crippen molar-refractivity contribution in [2.45, 2.75) is 18.9 Å². The van der Waals surface area contributed by atoms with E-state index < -0.39 is 15.9 Å². The molecule has 0 amide bonds. The molecule has 0 spiro atoms. The number of aliphatic hydroxyl groups excluding tert-OH is 1. The van der Waals surface area contributed by atoms with Crippen LogP contribution >= 0.6 is 0 Å². The van der Waals surface area contributed by atoms with Crippen molar-refractivity contribution in [1.82, 2.24) is 4.90 Å². The number of nitrogens with zero attached hydrogens (tertiary/aromatic N) is 1. The minimum atomic E-state index is -2.91. The van der Waals surface area contributed by atoms with E-state index in [-0.39, 0.29) is 5.75 Å². The van der Waals surface area contributed by atoms with E-state index in [2.05, 4.69) is 6.58 Å². The average Bonchev–Trinajstić information content (AvgIpc) is 2.10. The van der Waals surface area contributed by atoms with Gasteiger partial charge < -0.3 is 10.0 Å². The Bertz CT molecular complexity index is 274. The van der Waals surface area contributed by atoms with Crippen LogP contribution in [0.4, 0.5) is 0 Å². The van der Waals surface area contributed by atoms with E-state index in [1.165, 1.54) is 6.26 Å². The van der Waals surface area contributed by atoms with Crippen LogP contribution in [0.3, 0.4) is 0 Å². The monoisotopic (exact) mass is 235 g/mol. The van der Waals surface area contributed by atoms with Crippen molar-refractivity contribution < 1.29 is 13.5 Å². The molecule has 0 fully saturated rings. The van der Waals surface area contributed by atoms with Crippen LogP contribution < -0.4 is 0 Å². The van der Waals surface area contributed by atoms with Gasteiger partial charge >= 0.3 is 0 Å². The Morgan fingerprint density at radius 1 is 1.53 bits per heavy atom. The van der Waals surface area contributed by atoms with Crippen LogP contribution in [0.1, 0.15) is 12.8 Å². The zero-order valence-corrected chi connectivity index (χ0v) is 10.3. The van der Waals surface area contributed by atoms with Crippen molar-refractivity contribution in [3.05, 3.63) is 12.7 Å². The van der Waals surface area contributed by atoms with Gasteiger partial charge in [0.25, 0.3) is 0 Å². The smallest absolute Gasteiger partial charge is 0.148 e. The van der Waals surface area contributed by atoms with Gasteiger partial charge in [0.2, 0.25) is 0 Å². The molecular formula is C10H21NO3S. The number of aliphatic hydroxyl groups is 1. The zero-order chi connectivity index (χ0) is 11.9. The van der Waals surface area contributed by atoms with E-state index in [1.54, 1.807) is 6.08 Å². The van der Waals surface area contributed by atoms with E-state index in [0.717, 1.165) is 6.42 Å². The molecule has 0 aromatic heterocycles. The van der Waals surface area contributed by atoms with Gasteiger partial charge in [-0.15, -0.1) is 6.58 Å². The SMILES string of the molecule is C=CCCC(O)CN(C)CCS(C)(=O)=O. The lowest BCUT2D eigenvalue weighted by Crippen LogP contribution is -2.32. The lowest BCUT2D eigenvalue weighted by molar-refractivity contribution is 0.121. The number of sulfone groups is 1. The minimum absolute atomic E-state index is 0.137. The summed E-state index contributed by atoms with van der Waals surface area (Å²) in [4.78, 5) is 1.83. The molecule has 0 heterocycles. The van der Waals surface area contributed by atoms with E-state index in [4.69, 9.17) is 0 Å². The number of hydrogen-bond donors (Lipinski definition) is 1. The number of hydrogen-bond acceptors (Lipinski definition) is 4. The molecule has 0 aromatic carbocycles. The lowest BCUT2D eigenvalue weighted by Gasteiger charge is -2.19. The first-order valence-electron chi connectivity index (χ1n) is 5.00. The fourth-order valence-corrected chi connectivity index (χ4v) is 1.82. The summed E-state index contributed by atoms with van der Waals surface area (Å²) in [6.45, 7) is 4.54. The molecule has 4 nitrogen and oxygen atoms in total. The van der Waals surface area contributed by atoms with Crippen LogP contribution in [0, 0.1) is 0 Å². The topological polar surface area (TPSA) is 57.6 Å². The Kier molecular flexibility index (Phi) is 6.80. The molecule has 0 aliphatic rings. The summed E-state index contributed by atoms with van der Waals surface area (Å²) in [5, 5.41) is 9.54. The molecule has 0 aliphatic carbocycles. The Morgan fingerprint density at radius 2 is 2.13 bits per heavy atom. The Balaban J connectivity index is 3.73. The van der Waals surface area contributed by atoms with Gasteiger partial charge in [-0.05, 0) is 19.9 Å². The van der Waals surface area contributed by atoms with E-state index in [0.29, 0.717) is 19.5 Å². The lowest BCUT2D eigenvalue weighted by atomic mass is 10.2. The minimum Gasteiger partial charge on any atom is -0.392 e. The number of likely N-dealkylation sites (N-methyl/N-ethyl adjacent to an activating group) is 1. The van der Waals surface area contributed by atoms with Crippen LogP contribution in [0.5, 0.6) is 0 Å². The Hall–Kier alpha value is -0.390. The van der Waals surface area contributed by atoms with Crippen LogP contribution in [0.15, 0.2) is 12.7 Å². The van der Waals surface area contributed by atoms with Gasteiger partial charge in [0.05, 0.1) is 11.9 Å². The molecule has 1 unspecified atom stereocenters. The van der Waals surface area contributed by atoms with Crippen molar-refractivity contribution >= 4 is 9.84 Å². The fourth-order valence-electron chi connectivity index (χ4n) is 1.17. The van der Waals surface area contributed by atoms with E-state index in [1.807, 2.05) is 11.9 Å². The van der Waals surface area contributed by atoms with Crippen LogP contribution in [0.25, 0.3) is 0 Å². The highest BCUT2D eigenvalue weighted by Crippen LogP contribution is 1.99. The molecule has 0 saturated carbocycles. The number of allylic oxidation sites excluding steroid dienone is 1. The van der Waals surface area contributed by atoms with E-state index in [9.17, 15) is 13.5 Å². The molecule has 0 saturated heterocycles. The second-order valence-corrected chi connectivity index (χ2v) is 6.17. The highest BCUT2D eigenvalue weighted by atomic mass is 32.2. The van der Waals surface area contributed by atoms with Gasteiger partial charge in [0.15, 0.2) is 0 Å². The molecule has 5 heteroatoms. The molecule has 0 aromatic rings. The third-order valence-electron chi connectivity index (χ3n) is 2.07. The van der Waals surface area contributed by atoms with Crippen molar-refractivity contribution in [1.29, 1.82) is 0 Å². The maximum absolute atomic E-state index is 10.9. The molecule has 90 valence electrons. The maximum Gasteiger partial charge on any atom is 0.148 e. The maximum atomic E-state index is 10.9. The molecule has 0 radical (unpaired) electrons. The summed E-state index contributed by atoms with van der Waals surface area (Å²) in [5.74, 6) is 0.137. The molecular weight excluding hydrogens is 214 g/mol. The Labute approximate surface area is 92.5 Å². The van der Waals surface area contributed by atoms with Crippen LogP contribution in [-0.2, 0) is 9.84 Å². The third-order valence-corrected chi connectivity index (χ3v) is 2.99. The highest BCUT2D eigenvalue weighted by Gasteiger charge is 2.09. The highest BCUT2D eigenvalue weighted by molar-refractivity contribution is 7.90. The average molecular weight is 235 g/mol. The predicted octanol–water partition coefficient (Wildman–Crippen LogP) is 0.290. The second kappa shape index (κ2) is 6.98. The van der Waals surface area contributed by atoms with Crippen molar-refractivity contribution in [2.75, 3.05) is 32.1 Å². The molecule has 0 aliphatic heterocycles. The molecule has 1 atom stereocenters. The summed E-state index contributed by atoms with van der Waals surface area (Å²) in [5.41, 5.74) is 0. The van der Waals surface area contributed by atoms with Crippen molar-refractivity contribution in [2.24, 2.45) is 0 Å². The summed E-state index contributed by atoms with van der Waals surface area (Å²) < 4.78 is 21.8. The fraction of sp³-hybridized carbons (Fsp3) is 0.800. The quantitative estimate of drug-likeness (QED) is 0.614. The first kappa shape index (κ1) is 14.6. The second-order valence-electron chi connectivity index (χ2n) is 3.91. The standard InChI is InChI=1S/C10H21NO3S/c1-4-5-6-10(12)9-11(2)7-8-15(3,13)14/h4,10,12H,1,5-9H2,2-3H3. The molecule has 15 heavy (non-hydrogen) atoms. The van der Waals surface area contributed by atoms with Gasteiger partial charge in [-0.1, -0.05) is 6.08 Å². The molecule has 0 bridgehead atoms.